The maximum Gasteiger partial charge on any atom is 0.396 e. The van der Waals surface area contributed by atoms with E-state index in [4.69, 9.17) is 20.8 Å². The van der Waals surface area contributed by atoms with Crippen molar-refractivity contribution in [3.8, 4) is 16.6 Å². The first-order valence-electron chi connectivity index (χ1n) is 8.83. The molecule has 0 radical (unpaired) electrons. The minimum Gasteiger partial charge on any atom is -0.450 e. The molecule has 0 saturated heterocycles. The van der Waals surface area contributed by atoms with Crippen LogP contribution in [0, 0.1) is 0 Å². The molecule has 5 rings (SSSR count). The van der Waals surface area contributed by atoms with Gasteiger partial charge in [-0.2, -0.15) is 10.1 Å². The van der Waals surface area contributed by atoms with E-state index in [1.807, 2.05) is 25.1 Å². The summed E-state index contributed by atoms with van der Waals surface area (Å²) < 4.78 is 11.0. The van der Waals surface area contributed by atoms with Crippen LogP contribution in [-0.2, 0) is 0 Å². The van der Waals surface area contributed by atoms with E-state index < -0.39 is 0 Å². The van der Waals surface area contributed by atoms with Crippen LogP contribution in [0.4, 0.5) is 10.8 Å². The lowest BCUT2D eigenvalue weighted by Crippen LogP contribution is -1.94. The van der Waals surface area contributed by atoms with Gasteiger partial charge in [-0.1, -0.05) is 29.9 Å². The fourth-order valence-corrected chi connectivity index (χ4v) is 3.86. The molecule has 9 nitrogen and oxygen atoms in total. The van der Waals surface area contributed by atoms with Crippen molar-refractivity contribution >= 4 is 55.9 Å². The number of ether oxygens (including phenoxy) is 1. The van der Waals surface area contributed by atoms with Gasteiger partial charge in [0.25, 0.3) is 5.71 Å². The molecular weight excluding hydrogens is 414 g/mol. The summed E-state index contributed by atoms with van der Waals surface area (Å²) in [6.45, 7) is 2.54. The van der Waals surface area contributed by atoms with Crippen molar-refractivity contribution in [1.29, 1.82) is 0 Å². The fraction of sp³-hybridized carbons (Fsp3) is 0.167. The largest absolute Gasteiger partial charge is 0.450 e. The second-order valence-corrected chi connectivity index (χ2v) is 7.49. The SMILES string of the molecule is CCCOc1nc2c(-c3nnc(Nc4ccc5[nH]ncc5c4Cl)s3)ccnc2o1. The lowest BCUT2D eigenvalue weighted by molar-refractivity contribution is 0.236. The molecule has 0 bridgehead atoms. The molecule has 0 aliphatic carbocycles. The minimum atomic E-state index is 0.199. The zero-order valence-corrected chi connectivity index (χ0v) is 16.7. The van der Waals surface area contributed by atoms with Crippen molar-refractivity contribution < 1.29 is 9.15 Å². The van der Waals surface area contributed by atoms with Crippen LogP contribution in [0.25, 0.3) is 32.7 Å². The molecule has 11 heteroatoms. The van der Waals surface area contributed by atoms with Crippen LogP contribution < -0.4 is 10.1 Å². The maximum absolute atomic E-state index is 6.47. The van der Waals surface area contributed by atoms with Crippen LogP contribution in [0.1, 0.15) is 13.3 Å². The van der Waals surface area contributed by atoms with Gasteiger partial charge in [0.2, 0.25) is 5.13 Å². The summed E-state index contributed by atoms with van der Waals surface area (Å²) in [7, 11) is 0. The van der Waals surface area contributed by atoms with E-state index >= 15 is 0 Å². The van der Waals surface area contributed by atoms with Crippen molar-refractivity contribution in [3.63, 3.8) is 0 Å². The number of fused-ring (bicyclic) bond motifs is 2. The Kier molecular flexibility index (Phi) is 4.49. The summed E-state index contributed by atoms with van der Waals surface area (Å²) in [6, 6.07) is 5.59. The molecule has 0 aliphatic heterocycles. The van der Waals surface area contributed by atoms with Crippen molar-refractivity contribution in [2.24, 2.45) is 0 Å². The van der Waals surface area contributed by atoms with Crippen molar-refractivity contribution in [2.45, 2.75) is 13.3 Å². The number of aromatic amines is 1. The lowest BCUT2D eigenvalue weighted by atomic mass is 10.2. The number of pyridine rings is 1. The molecule has 0 aliphatic rings. The van der Waals surface area contributed by atoms with Crippen molar-refractivity contribution in [3.05, 3.63) is 35.6 Å². The molecule has 4 aromatic heterocycles. The summed E-state index contributed by atoms with van der Waals surface area (Å²) in [6.07, 6.45) is 4.39. The molecule has 0 fully saturated rings. The fourth-order valence-electron chi connectivity index (χ4n) is 2.82. The molecule has 0 saturated carbocycles. The van der Waals surface area contributed by atoms with E-state index in [1.165, 1.54) is 11.3 Å². The van der Waals surface area contributed by atoms with E-state index in [-0.39, 0.29) is 6.08 Å². The first kappa shape index (κ1) is 17.8. The average molecular weight is 428 g/mol. The third-order valence-electron chi connectivity index (χ3n) is 4.16. The minimum absolute atomic E-state index is 0.199. The number of hydrogen-bond donors (Lipinski definition) is 2. The summed E-state index contributed by atoms with van der Waals surface area (Å²) in [5.41, 5.74) is 3.34. The predicted molar refractivity (Wildman–Crippen MR) is 111 cm³/mol. The quantitative estimate of drug-likeness (QED) is 0.397. The number of nitrogens with one attached hydrogen (secondary N) is 2. The standard InChI is InChI=1S/C18H14ClN7O2S/c1-2-7-27-18-23-14-9(5-6-20-15(14)28-18)16-25-26-17(29-16)22-12-4-3-11-10(13(12)19)8-21-24-11/h3-6,8H,2,7H2,1H3,(H,21,24)(H,22,26). The number of nitrogens with zero attached hydrogens (tertiary/aromatic N) is 5. The van der Waals surface area contributed by atoms with Crippen molar-refractivity contribution in [1.82, 2.24) is 30.4 Å². The van der Waals surface area contributed by atoms with Gasteiger partial charge >= 0.3 is 6.08 Å². The van der Waals surface area contributed by atoms with Crippen LogP contribution in [0.2, 0.25) is 5.02 Å². The van der Waals surface area contributed by atoms with Gasteiger partial charge in [0.05, 0.1) is 29.0 Å². The second kappa shape index (κ2) is 7.30. The number of halogens is 1. The first-order chi connectivity index (χ1) is 14.2. The van der Waals surface area contributed by atoms with Gasteiger partial charge in [-0.3, -0.25) is 5.10 Å². The molecular formula is C18H14ClN7O2S. The Balaban J connectivity index is 1.46. The molecule has 0 atom stereocenters. The molecule has 29 heavy (non-hydrogen) atoms. The molecule has 0 spiro atoms. The summed E-state index contributed by atoms with van der Waals surface area (Å²) in [4.78, 5) is 8.61. The highest BCUT2D eigenvalue weighted by molar-refractivity contribution is 7.18. The predicted octanol–water partition coefficient (Wildman–Crippen LogP) is 4.80. The van der Waals surface area contributed by atoms with Gasteiger partial charge in [-0.05, 0) is 24.6 Å². The molecule has 1 aromatic carbocycles. The number of oxazole rings is 1. The molecule has 146 valence electrons. The number of anilines is 2. The van der Waals surface area contributed by atoms with Crippen LogP contribution >= 0.6 is 22.9 Å². The Hall–Kier alpha value is -3.24. The van der Waals surface area contributed by atoms with Crippen LogP contribution in [-0.4, -0.2) is 37.0 Å². The van der Waals surface area contributed by atoms with E-state index in [2.05, 4.69) is 35.7 Å². The normalized spacial score (nSPS) is 11.4. The van der Waals surface area contributed by atoms with Gasteiger partial charge in [0.15, 0.2) is 5.01 Å². The number of rotatable bonds is 6. The third kappa shape index (κ3) is 3.26. The first-order valence-corrected chi connectivity index (χ1v) is 10.0. The molecule has 0 unspecified atom stereocenters. The summed E-state index contributed by atoms with van der Waals surface area (Å²) >= 11 is 7.84. The van der Waals surface area contributed by atoms with Gasteiger partial charge in [0, 0.05) is 17.1 Å². The second-order valence-electron chi connectivity index (χ2n) is 6.14. The van der Waals surface area contributed by atoms with Gasteiger partial charge in [0.1, 0.15) is 5.52 Å². The Morgan fingerprint density at radius 2 is 2.21 bits per heavy atom. The highest BCUT2D eigenvalue weighted by Gasteiger charge is 2.17. The van der Waals surface area contributed by atoms with Crippen LogP contribution in [0.15, 0.2) is 35.0 Å². The topological polar surface area (TPSA) is 115 Å². The Morgan fingerprint density at radius 1 is 1.28 bits per heavy atom. The average Bonchev–Trinajstić information content (AvgIpc) is 3.47. The zero-order valence-electron chi connectivity index (χ0n) is 15.1. The van der Waals surface area contributed by atoms with Gasteiger partial charge in [-0.25, -0.2) is 4.98 Å². The number of aromatic nitrogens is 6. The third-order valence-corrected chi connectivity index (χ3v) is 5.44. The monoisotopic (exact) mass is 427 g/mol. The smallest absolute Gasteiger partial charge is 0.396 e. The number of H-pyrrole nitrogens is 1. The number of benzene rings is 1. The maximum atomic E-state index is 6.47. The van der Waals surface area contributed by atoms with Crippen LogP contribution in [0.3, 0.4) is 0 Å². The highest BCUT2D eigenvalue weighted by atomic mass is 35.5. The summed E-state index contributed by atoms with van der Waals surface area (Å²) in [5, 5.41) is 21.3. The molecule has 2 N–H and O–H groups in total. The van der Waals surface area contributed by atoms with Crippen molar-refractivity contribution in [2.75, 3.05) is 11.9 Å². The lowest BCUT2D eigenvalue weighted by Gasteiger charge is -2.05. The van der Waals surface area contributed by atoms with Gasteiger partial charge in [-0.15, -0.1) is 10.2 Å². The molecule has 4 heterocycles. The van der Waals surface area contributed by atoms with E-state index in [1.54, 1.807) is 12.4 Å². The molecule has 0 amide bonds. The Morgan fingerprint density at radius 3 is 3.10 bits per heavy atom. The highest BCUT2D eigenvalue weighted by Crippen LogP contribution is 2.36. The molecule has 5 aromatic rings. The Labute approximate surface area is 173 Å². The summed E-state index contributed by atoms with van der Waals surface area (Å²) in [5.74, 6) is 0. The van der Waals surface area contributed by atoms with Gasteiger partial charge < -0.3 is 14.5 Å². The number of hydrogen-bond acceptors (Lipinski definition) is 9. The zero-order chi connectivity index (χ0) is 19.8. The van der Waals surface area contributed by atoms with E-state index in [0.717, 1.165) is 28.6 Å². The Bertz CT molecular complexity index is 1310. The van der Waals surface area contributed by atoms with Crippen LogP contribution in [0.5, 0.6) is 6.08 Å². The van der Waals surface area contributed by atoms with E-state index in [0.29, 0.717) is 33.0 Å². The van der Waals surface area contributed by atoms with E-state index in [9.17, 15) is 0 Å².